The normalized spacial score (nSPS) is 18.0. The molecule has 2 rings (SSSR count). The number of nitrogens with zero attached hydrogens (tertiary/aromatic N) is 1. The Morgan fingerprint density at radius 1 is 1.38 bits per heavy atom. The molecule has 0 bridgehead atoms. The number of anilines is 1. The van der Waals surface area contributed by atoms with E-state index in [2.05, 4.69) is 15.6 Å². The second-order valence-electron chi connectivity index (χ2n) is 4.69. The van der Waals surface area contributed by atoms with Gasteiger partial charge in [-0.05, 0) is 31.5 Å². The van der Waals surface area contributed by atoms with Gasteiger partial charge in [0.15, 0.2) is 14.9 Å². The topological polar surface area (TPSA) is 88.2 Å². The molecule has 1 aromatic heterocycles. The van der Waals surface area contributed by atoms with Crippen LogP contribution in [0.4, 0.5) is 5.69 Å². The van der Waals surface area contributed by atoms with Crippen molar-refractivity contribution in [3.05, 3.63) is 18.3 Å². The molecule has 6 nitrogen and oxygen atoms in total. The van der Waals surface area contributed by atoms with E-state index in [9.17, 15) is 13.2 Å². The van der Waals surface area contributed by atoms with Crippen molar-refractivity contribution in [2.45, 2.75) is 17.9 Å². The van der Waals surface area contributed by atoms with Crippen molar-refractivity contribution in [2.75, 3.05) is 24.7 Å². The molecule has 1 unspecified atom stereocenters. The van der Waals surface area contributed by atoms with Crippen LogP contribution in [-0.2, 0) is 14.6 Å². The summed E-state index contributed by atoms with van der Waals surface area (Å²) in [7, 11) is -3.30. The van der Waals surface area contributed by atoms with E-state index in [-0.39, 0.29) is 41.7 Å². The van der Waals surface area contributed by atoms with Gasteiger partial charge in [-0.3, -0.25) is 4.79 Å². The summed E-state index contributed by atoms with van der Waals surface area (Å²) in [4.78, 5) is 15.8. The zero-order valence-corrected chi connectivity index (χ0v) is 14.0. The Hall–Kier alpha value is -0.890. The lowest BCUT2D eigenvalue weighted by Gasteiger charge is -2.21. The summed E-state index contributed by atoms with van der Waals surface area (Å²) >= 11 is 0. The minimum Gasteiger partial charge on any atom is -0.324 e. The van der Waals surface area contributed by atoms with E-state index in [4.69, 9.17) is 0 Å². The fourth-order valence-electron chi connectivity index (χ4n) is 1.99. The molecule has 1 fully saturated rings. The first-order chi connectivity index (χ1) is 8.97. The molecule has 1 atom stereocenters. The molecule has 1 aliphatic rings. The number of pyridine rings is 1. The van der Waals surface area contributed by atoms with Gasteiger partial charge in [-0.25, -0.2) is 13.4 Å². The van der Waals surface area contributed by atoms with E-state index in [1.54, 1.807) is 6.07 Å². The monoisotopic (exact) mass is 355 g/mol. The molecule has 2 heterocycles. The van der Waals surface area contributed by atoms with Gasteiger partial charge in [0.2, 0.25) is 5.91 Å². The van der Waals surface area contributed by atoms with Crippen LogP contribution >= 0.6 is 24.8 Å². The highest BCUT2D eigenvalue weighted by atomic mass is 35.5. The molecular formula is C12H19Cl2N3O3S. The highest BCUT2D eigenvalue weighted by molar-refractivity contribution is 7.90. The highest BCUT2D eigenvalue weighted by Crippen LogP contribution is 2.15. The van der Waals surface area contributed by atoms with Gasteiger partial charge >= 0.3 is 0 Å². The van der Waals surface area contributed by atoms with Crippen LogP contribution < -0.4 is 10.6 Å². The van der Waals surface area contributed by atoms with Crippen LogP contribution in [0.15, 0.2) is 23.4 Å². The maximum atomic E-state index is 12.0. The van der Waals surface area contributed by atoms with E-state index in [0.717, 1.165) is 25.6 Å². The number of rotatable bonds is 3. The quantitative estimate of drug-likeness (QED) is 0.852. The fraction of sp³-hybridized carbons (Fsp3) is 0.500. The molecule has 0 spiro atoms. The number of piperidine rings is 1. The van der Waals surface area contributed by atoms with Crippen molar-refractivity contribution >= 4 is 46.2 Å². The van der Waals surface area contributed by atoms with Crippen LogP contribution in [0.5, 0.6) is 0 Å². The molecule has 1 aromatic rings. The van der Waals surface area contributed by atoms with Gasteiger partial charge in [0, 0.05) is 12.8 Å². The van der Waals surface area contributed by atoms with Crippen LogP contribution in [0.25, 0.3) is 0 Å². The van der Waals surface area contributed by atoms with Gasteiger partial charge in [0.25, 0.3) is 0 Å². The average molecular weight is 356 g/mol. The zero-order valence-electron chi connectivity index (χ0n) is 11.5. The molecule has 0 aromatic carbocycles. The lowest BCUT2D eigenvalue weighted by molar-refractivity contribution is -0.120. The van der Waals surface area contributed by atoms with E-state index < -0.39 is 9.84 Å². The molecule has 2 N–H and O–H groups in total. The first-order valence-corrected chi connectivity index (χ1v) is 8.03. The van der Waals surface area contributed by atoms with E-state index in [1.807, 2.05) is 0 Å². The summed E-state index contributed by atoms with van der Waals surface area (Å²) in [6.07, 6.45) is 4.32. The third-order valence-corrected chi connectivity index (χ3v) is 4.05. The first-order valence-electron chi connectivity index (χ1n) is 6.14. The predicted octanol–water partition coefficient (Wildman–Crippen LogP) is 1.27. The summed E-state index contributed by atoms with van der Waals surface area (Å²) < 4.78 is 22.5. The fourth-order valence-corrected chi connectivity index (χ4v) is 2.55. The predicted molar refractivity (Wildman–Crippen MR) is 86.1 cm³/mol. The molecule has 9 heteroatoms. The molecule has 0 aliphatic carbocycles. The largest absolute Gasteiger partial charge is 0.324 e. The number of halogens is 2. The van der Waals surface area contributed by atoms with Crippen LogP contribution in [0.1, 0.15) is 12.8 Å². The van der Waals surface area contributed by atoms with Crippen LogP contribution in [0.3, 0.4) is 0 Å². The molecule has 0 saturated carbocycles. The molecular weight excluding hydrogens is 337 g/mol. The van der Waals surface area contributed by atoms with Gasteiger partial charge in [-0.2, -0.15) is 0 Å². The summed E-state index contributed by atoms with van der Waals surface area (Å²) in [5.74, 6) is -0.0931. The average Bonchev–Trinajstić information content (AvgIpc) is 2.39. The summed E-state index contributed by atoms with van der Waals surface area (Å²) in [6.45, 7) is 1.63. The number of carbonyl (C=O) groups is 1. The van der Waals surface area contributed by atoms with Gasteiger partial charge in [-0.1, -0.05) is 0 Å². The Labute approximate surface area is 136 Å². The third-order valence-electron chi connectivity index (χ3n) is 3.05. The van der Waals surface area contributed by atoms with Gasteiger partial charge < -0.3 is 10.6 Å². The number of amides is 1. The summed E-state index contributed by atoms with van der Waals surface area (Å²) in [5.41, 5.74) is 0.517. The minimum atomic E-state index is -3.30. The number of aromatic nitrogens is 1. The van der Waals surface area contributed by atoms with Crippen molar-refractivity contribution in [3.63, 3.8) is 0 Å². The van der Waals surface area contributed by atoms with Crippen LogP contribution in [0.2, 0.25) is 0 Å². The highest BCUT2D eigenvalue weighted by Gasteiger charge is 2.21. The van der Waals surface area contributed by atoms with Crippen molar-refractivity contribution in [3.8, 4) is 0 Å². The standard InChI is InChI=1S/C12H17N3O3S.2ClH/c1-19(17,18)11-5-4-10(8-14-11)15-12(16)9-3-2-6-13-7-9;;/h4-5,8-9,13H,2-3,6-7H2,1H3,(H,15,16);2*1H. The number of nitrogens with one attached hydrogen (secondary N) is 2. The van der Waals surface area contributed by atoms with Gasteiger partial charge in [0.05, 0.1) is 17.8 Å². The third kappa shape index (κ3) is 5.78. The maximum Gasteiger partial charge on any atom is 0.228 e. The minimum absolute atomic E-state index is 0. The Balaban J connectivity index is 0.00000200. The molecule has 0 radical (unpaired) electrons. The van der Waals surface area contributed by atoms with Crippen molar-refractivity contribution in [1.29, 1.82) is 0 Å². The molecule has 1 amide bonds. The SMILES string of the molecule is CS(=O)(=O)c1ccc(NC(=O)C2CCCNC2)cn1.Cl.Cl. The van der Waals surface area contributed by atoms with Gasteiger partial charge in [-0.15, -0.1) is 24.8 Å². The van der Waals surface area contributed by atoms with Crippen LogP contribution in [-0.4, -0.2) is 38.7 Å². The number of sulfone groups is 1. The second kappa shape index (κ2) is 8.53. The smallest absolute Gasteiger partial charge is 0.228 e. The Kier molecular flexibility index (Phi) is 8.17. The molecule has 120 valence electrons. The number of carbonyl (C=O) groups excluding carboxylic acids is 1. The van der Waals surface area contributed by atoms with Crippen molar-refractivity contribution in [2.24, 2.45) is 5.92 Å². The van der Waals surface area contributed by atoms with E-state index in [1.165, 1.54) is 12.3 Å². The zero-order chi connectivity index (χ0) is 13.9. The van der Waals surface area contributed by atoms with E-state index in [0.29, 0.717) is 12.2 Å². The molecule has 21 heavy (non-hydrogen) atoms. The summed E-state index contributed by atoms with van der Waals surface area (Å²) in [5, 5.41) is 5.93. The number of hydrogen-bond donors (Lipinski definition) is 2. The Morgan fingerprint density at radius 2 is 2.10 bits per heavy atom. The Morgan fingerprint density at radius 3 is 2.57 bits per heavy atom. The lowest BCUT2D eigenvalue weighted by Crippen LogP contribution is -2.37. The maximum absolute atomic E-state index is 12.0. The molecule has 1 aliphatic heterocycles. The van der Waals surface area contributed by atoms with Gasteiger partial charge in [0.1, 0.15) is 0 Å². The second-order valence-corrected chi connectivity index (χ2v) is 6.65. The Bertz CT molecular complexity index is 558. The first kappa shape index (κ1) is 20.1. The van der Waals surface area contributed by atoms with Crippen molar-refractivity contribution < 1.29 is 13.2 Å². The lowest BCUT2D eigenvalue weighted by atomic mass is 9.99. The van der Waals surface area contributed by atoms with Crippen LogP contribution in [0, 0.1) is 5.92 Å². The van der Waals surface area contributed by atoms with E-state index >= 15 is 0 Å². The molecule has 1 saturated heterocycles. The van der Waals surface area contributed by atoms with Crippen molar-refractivity contribution in [1.82, 2.24) is 10.3 Å². The number of hydrogen-bond acceptors (Lipinski definition) is 5. The summed E-state index contributed by atoms with van der Waals surface area (Å²) in [6, 6.07) is 2.95.